The van der Waals surface area contributed by atoms with Crippen molar-refractivity contribution >= 4 is 47.4 Å². The predicted molar refractivity (Wildman–Crippen MR) is 82.8 cm³/mol. The van der Waals surface area contributed by atoms with E-state index in [1.165, 1.54) is 0 Å². The van der Waals surface area contributed by atoms with E-state index in [0.29, 0.717) is 21.3 Å². The maximum absolute atomic E-state index is 12.2. The van der Waals surface area contributed by atoms with Gasteiger partial charge in [0.2, 0.25) is 0 Å². The van der Waals surface area contributed by atoms with E-state index in [-0.39, 0.29) is 5.91 Å². The van der Waals surface area contributed by atoms with Crippen LogP contribution in [0.2, 0.25) is 10.0 Å². The number of hydrogen-bond acceptors (Lipinski definition) is 2. The van der Waals surface area contributed by atoms with E-state index in [9.17, 15) is 4.79 Å². The van der Waals surface area contributed by atoms with Crippen molar-refractivity contribution < 1.29 is 4.79 Å². The molecule has 98 valence electrons. The highest BCUT2D eigenvalue weighted by Gasteiger charge is 2.11. The van der Waals surface area contributed by atoms with Crippen LogP contribution in [0.25, 0.3) is 0 Å². The summed E-state index contributed by atoms with van der Waals surface area (Å²) in [6.45, 7) is 1.87. The van der Waals surface area contributed by atoms with Crippen LogP contribution in [0, 0.1) is 6.92 Å². The number of aryl methyl sites for hydroxylation is 1. The Morgan fingerprint density at radius 3 is 2.58 bits per heavy atom. The third kappa shape index (κ3) is 3.44. The van der Waals surface area contributed by atoms with Gasteiger partial charge >= 0.3 is 0 Å². The van der Waals surface area contributed by atoms with Gasteiger partial charge in [0.15, 0.2) is 0 Å². The number of benzene rings is 2. The van der Waals surface area contributed by atoms with E-state index in [1.54, 1.807) is 24.3 Å². The first kappa shape index (κ1) is 14.3. The lowest BCUT2D eigenvalue weighted by atomic mass is 10.1. The Morgan fingerprint density at radius 1 is 1.16 bits per heavy atom. The molecule has 0 unspecified atom stereocenters. The molecule has 0 heterocycles. The average molecular weight is 312 g/mol. The molecule has 19 heavy (non-hydrogen) atoms. The van der Waals surface area contributed by atoms with Gasteiger partial charge in [0.1, 0.15) is 0 Å². The third-order valence-corrected chi connectivity index (χ3v) is 3.47. The molecule has 2 rings (SSSR count). The molecule has 0 aliphatic carbocycles. The van der Waals surface area contributed by atoms with Gasteiger partial charge in [-0.2, -0.15) is 0 Å². The van der Waals surface area contributed by atoms with Gasteiger partial charge in [-0.15, -0.1) is 12.6 Å². The first-order valence-corrected chi connectivity index (χ1v) is 6.73. The number of nitrogens with one attached hydrogen (secondary N) is 1. The lowest BCUT2D eigenvalue weighted by Gasteiger charge is -2.10. The zero-order chi connectivity index (χ0) is 14.0. The summed E-state index contributed by atoms with van der Waals surface area (Å²) in [4.78, 5) is 12.9. The molecular formula is C14H11Cl2NOS. The lowest BCUT2D eigenvalue weighted by Crippen LogP contribution is -2.13. The Kier molecular flexibility index (Phi) is 4.40. The Labute approximate surface area is 127 Å². The predicted octanol–water partition coefficient (Wildman–Crippen LogP) is 4.84. The minimum absolute atomic E-state index is 0.224. The van der Waals surface area contributed by atoms with Crippen LogP contribution >= 0.6 is 35.8 Å². The van der Waals surface area contributed by atoms with Gasteiger partial charge in [0.25, 0.3) is 5.91 Å². The summed E-state index contributed by atoms with van der Waals surface area (Å²) in [5, 5.41) is 3.69. The fraction of sp³-hybridized carbons (Fsp3) is 0.0714. The number of carbonyl (C=O) groups is 1. The number of amides is 1. The monoisotopic (exact) mass is 311 g/mol. The molecule has 0 fully saturated rings. The molecule has 0 bridgehead atoms. The molecule has 0 radical (unpaired) electrons. The second-order valence-electron chi connectivity index (χ2n) is 4.08. The number of thiol groups is 1. The van der Waals surface area contributed by atoms with Gasteiger partial charge in [-0.3, -0.25) is 4.79 Å². The smallest absolute Gasteiger partial charge is 0.256 e. The summed E-state index contributed by atoms with van der Waals surface area (Å²) in [5.41, 5.74) is 1.97. The molecule has 0 atom stereocenters. The van der Waals surface area contributed by atoms with Gasteiger partial charge in [-0.25, -0.2) is 0 Å². The second-order valence-corrected chi connectivity index (χ2v) is 5.44. The molecule has 1 amide bonds. The lowest BCUT2D eigenvalue weighted by molar-refractivity contribution is 0.102. The maximum Gasteiger partial charge on any atom is 0.256 e. The Morgan fingerprint density at radius 2 is 1.89 bits per heavy atom. The molecule has 0 saturated carbocycles. The molecule has 0 aromatic heterocycles. The van der Waals surface area contributed by atoms with Crippen LogP contribution in [0.1, 0.15) is 15.9 Å². The fourth-order valence-corrected chi connectivity index (χ4v) is 2.29. The minimum atomic E-state index is -0.224. The Balaban J connectivity index is 2.28. The topological polar surface area (TPSA) is 29.1 Å². The van der Waals surface area contributed by atoms with Gasteiger partial charge in [-0.05, 0) is 42.8 Å². The molecule has 0 spiro atoms. The molecule has 0 saturated heterocycles. The highest BCUT2D eigenvalue weighted by atomic mass is 35.5. The molecule has 0 aliphatic rings. The molecule has 1 N–H and O–H groups in total. The summed E-state index contributed by atoms with van der Waals surface area (Å²) >= 11 is 16.1. The van der Waals surface area contributed by atoms with Crippen LogP contribution in [0.3, 0.4) is 0 Å². The van der Waals surface area contributed by atoms with Crippen LogP contribution in [0.5, 0.6) is 0 Å². The molecule has 2 aromatic carbocycles. The van der Waals surface area contributed by atoms with E-state index in [2.05, 4.69) is 17.9 Å². The summed E-state index contributed by atoms with van der Waals surface area (Å²) < 4.78 is 0. The van der Waals surface area contributed by atoms with E-state index in [1.807, 2.05) is 19.1 Å². The van der Waals surface area contributed by atoms with E-state index in [4.69, 9.17) is 23.2 Å². The van der Waals surface area contributed by atoms with Gasteiger partial charge in [0.05, 0.1) is 10.7 Å². The summed E-state index contributed by atoms with van der Waals surface area (Å²) in [6, 6.07) is 10.3. The van der Waals surface area contributed by atoms with Gasteiger partial charge in [0, 0.05) is 15.5 Å². The van der Waals surface area contributed by atoms with Crippen molar-refractivity contribution in [1.29, 1.82) is 0 Å². The number of carbonyl (C=O) groups excluding carboxylic acids is 1. The van der Waals surface area contributed by atoms with Crippen molar-refractivity contribution in [2.24, 2.45) is 0 Å². The van der Waals surface area contributed by atoms with Crippen LogP contribution in [-0.2, 0) is 0 Å². The number of anilines is 1. The van der Waals surface area contributed by atoms with Gasteiger partial charge in [-0.1, -0.05) is 29.3 Å². The first-order valence-electron chi connectivity index (χ1n) is 5.53. The Hall–Kier alpha value is -1.16. The average Bonchev–Trinajstić information content (AvgIpc) is 2.35. The highest BCUT2D eigenvalue weighted by Crippen LogP contribution is 2.26. The van der Waals surface area contributed by atoms with Crippen LogP contribution < -0.4 is 5.32 Å². The molecule has 2 nitrogen and oxygen atoms in total. The zero-order valence-corrected chi connectivity index (χ0v) is 12.5. The van der Waals surface area contributed by atoms with E-state index < -0.39 is 0 Å². The quantitative estimate of drug-likeness (QED) is 0.763. The number of hydrogen-bond donors (Lipinski definition) is 2. The maximum atomic E-state index is 12.2. The first-order chi connectivity index (χ1) is 8.97. The number of halogens is 2. The van der Waals surface area contributed by atoms with Crippen molar-refractivity contribution in [1.82, 2.24) is 0 Å². The van der Waals surface area contributed by atoms with E-state index in [0.717, 1.165) is 10.5 Å². The standard InChI is InChI=1S/C14H11Cl2NOS/c1-8-2-4-10(19)7-11(8)14(18)17-13-5-3-9(15)6-12(13)16/h2-7,19H,1H3,(H,17,18). The van der Waals surface area contributed by atoms with Crippen molar-refractivity contribution in [2.75, 3.05) is 5.32 Å². The zero-order valence-electron chi connectivity index (χ0n) is 10.1. The van der Waals surface area contributed by atoms with Crippen LogP contribution in [0.15, 0.2) is 41.3 Å². The van der Waals surface area contributed by atoms with E-state index >= 15 is 0 Å². The van der Waals surface area contributed by atoms with Crippen molar-refractivity contribution in [3.05, 3.63) is 57.6 Å². The third-order valence-electron chi connectivity index (χ3n) is 2.65. The van der Waals surface area contributed by atoms with Crippen LogP contribution in [-0.4, -0.2) is 5.91 Å². The Bertz CT molecular complexity index is 643. The summed E-state index contributed by atoms with van der Waals surface area (Å²) in [7, 11) is 0. The molecule has 2 aromatic rings. The van der Waals surface area contributed by atoms with Crippen molar-refractivity contribution in [3.8, 4) is 0 Å². The molecule has 5 heteroatoms. The fourth-order valence-electron chi connectivity index (χ4n) is 1.64. The van der Waals surface area contributed by atoms with Crippen molar-refractivity contribution in [2.45, 2.75) is 11.8 Å². The normalized spacial score (nSPS) is 10.3. The highest BCUT2D eigenvalue weighted by molar-refractivity contribution is 7.80. The largest absolute Gasteiger partial charge is 0.321 e. The second kappa shape index (κ2) is 5.87. The summed E-state index contributed by atoms with van der Waals surface area (Å²) in [6.07, 6.45) is 0. The van der Waals surface area contributed by atoms with Crippen molar-refractivity contribution in [3.63, 3.8) is 0 Å². The molecular weight excluding hydrogens is 301 g/mol. The SMILES string of the molecule is Cc1ccc(S)cc1C(=O)Nc1ccc(Cl)cc1Cl. The number of rotatable bonds is 2. The summed E-state index contributed by atoms with van der Waals surface area (Å²) in [5.74, 6) is -0.224. The minimum Gasteiger partial charge on any atom is -0.321 e. The van der Waals surface area contributed by atoms with Crippen LogP contribution in [0.4, 0.5) is 5.69 Å². The van der Waals surface area contributed by atoms with Gasteiger partial charge < -0.3 is 5.32 Å². The molecule has 0 aliphatic heterocycles.